The normalized spacial score (nSPS) is 10.6. The van der Waals surface area contributed by atoms with Crippen molar-refractivity contribution >= 4 is 11.7 Å². The van der Waals surface area contributed by atoms with Crippen LogP contribution in [0, 0.1) is 27.7 Å². The predicted octanol–water partition coefficient (Wildman–Crippen LogP) is 3.99. The van der Waals surface area contributed by atoms with Crippen molar-refractivity contribution in [2.24, 2.45) is 0 Å². The largest absolute Gasteiger partial charge is 0.483 e. The average molecular weight is 351 g/mol. The third-order valence-corrected chi connectivity index (χ3v) is 4.44. The molecule has 0 unspecified atom stereocenters. The number of hydrogen-bond donors (Lipinski definition) is 1. The van der Waals surface area contributed by atoms with E-state index in [1.165, 1.54) is 5.56 Å². The van der Waals surface area contributed by atoms with Gasteiger partial charge in [0.1, 0.15) is 5.75 Å². The predicted molar refractivity (Wildman–Crippen MR) is 99.2 cm³/mol. The maximum absolute atomic E-state index is 12.2. The number of rotatable bonds is 5. The lowest BCUT2D eigenvalue weighted by Crippen LogP contribution is -2.21. The molecule has 26 heavy (non-hydrogen) atoms. The summed E-state index contributed by atoms with van der Waals surface area (Å²) < 4.78 is 10.4. The van der Waals surface area contributed by atoms with Gasteiger partial charge in [-0.2, -0.15) is 0 Å². The standard InChI is InChI=1S/C20H21N3O3/c1-12-8-9-16(10-14(12)3)19-20(23-26-22-19)21-18(24)11-25-17-7-5-6-13(2)15(17)4/h5-10H,11H2,1-4H3,(H,21,23,24). The molecule has 1 heterocycles. The minimum Gasteiger partial charge on any atom is -0.483 e. The SMILES string of the molecule is Cc1ccc(-c2nonc2NC(=O)COc2cccc(C)c2C)cc1C. The van der Waals surface area contributed by atoms with Crippen molar-refractivity contribution < 1.29 is 14.2 Å². The first-order valence-electron chi connectivity index (χ1n) is 8.34. The summed E-state index contributed by atoms with van der Waals surface area (Å²) in [5.41, 5.74) is 5.76. The lowest BCUT2D eigenvalue weighted by atomic mass is 10.0. The van der Waals surface area contributed by atoms with Gasteiger partial charge in [-0.1, -0.05) is 24.3 Å². The molecular formula is C20H21N3O3. The third-order valence-electron chi connectivity index (χ3n) is 4.44. The maximum atomic E-state index is 12.2. The number of nitrogens with zero attached hydrogens (tertiary/aromatic N) is 2. The van der Waals surface area contributed by atoms with Crippen LogP contribution in [0.15, 0.2) is 41.0 Å². The van der Waals surface area contributed by atoms with Crippen molar-refractivity contribution in [3.8, 4) is 17.0 Å². The Balaban J connectivity index is 1.70. The summed E-state index contributed by atoms with van der Waals surface area (Å²) >= 11 is 0. The monoisotopic (exact) mass is 351 g/mol. The molecule has 1 N–H and O–H groups in total. The number of nitrogens with one attached hydrogen (secondary N) is 1. The molecule has 0 bridgehead atoms. The number of benzene rings is 2. The summed E-state index contributed by atoms with van der Waals surface area (Å²) in [6.07, 6.45) is 0. The molecule has 0 saturated carbocycles. The van der Waals surface area contributed by atoms with E-state index in [-0.39, 0.29) is 18.3 Å². The molecule has 3 aromatic rings. The zero-order valence-corrected chi connectivity index (χ0v) is 15.3. The minimum absolute atomic E-state index is 0.122. The van der Waals surface area contributed by atoms with E-state index in [1.54, 1.807) is 0 Å². The first kappa shape index (κ1) is 17.7. The van der Waals surface area contributed by atoms with E-state index in [4.69, 9.17) is 9.37 Å². The summed E-state index contributed by atoms with van der Waals surface area (Å²) in [4.78, 5) is 12.2. The van der Waals surface area contributed by atoms with Crippen LogP contribution in [0.2, 0.25) is 0 Å². The Morgan fingerprint density at radius 1 is 1.04 bits per heavy atom. The van der Waals surface area contributed by atoms with Gasteiger partial charge in [-0.05, 0) is 72.4 Å². The Bertz CT molecular complexity index is 947. The van der Waals surface area contributed by atoms with E-state index in [2.05, 4.69) is 15.6 Å². The smallest absolute Gasteiger partial charge is 0.263 e. The molecule has 2 aromatic carbocycles. The second-order valence-electron chi connectivity index (χ2n) is 6.30. The minimum atomic E-state index is -0.327. The highest BCUT2D eigenvalue weighted by Crippen LogP contribution is 2.26. The molecule has 0 fully saturated rings. The number of carbonyl (C=O) groups is 1. The number of anilines is 1. The first-order chi connectivity index (χ1) is 12.5. The van der Waals surface area contributed by atoms with Crippen LogP contribution < -0.4 is 10.1 Å². The van der Waals surface area contributed by atoms with Gasteiger partial charge in [-0.3, -0.25) is 4.79 Å². The summed E-state index contributed by atoms with van der Waals surface area (Å²) in [5, 5.41) is 10.4. The second kappa shape index (κ2) is 7.39. The molecule has 134 valence electrons. The fourth-order valence-electron chi connectivity index (χ4n) is 2.54. The molecule has 6 heteroatoms. The van der Waals surface area contributed by atoms with Crippen molar-refractivity contribution in [1.82, 2.24) is 10.3 Å². The highest BCUT2D eigenvalue weighted by molar-refractivity contribution is 5.94. The Morgan fingerprint density at radius 2 is 1.85 bits per heavy atom. The van der Waals surface area contributed by atoms with Gasteiger partial charge in [0.05, 0.1) is 0 Å². The van der Waals surface area contributed by atoms with Crippen molar-refractivity contribution in [2.45, 2.75) is 27.7 Å². The zero-order valence-electron chi connectivity index (χ0n) is 15.3. The molecule has 0 aliphatic rings. The van der Waals surface area contributed by atoms with E-state index in [1.807, 2.05) is 64.1 Å². The van der Waals surface area contributed by atoms with E-state index < -0.39 is 0 Å². The molecule has 3 rings (SSSR count). The number of hydrogen-bond acceptors (Lipinski definition) is 5. The van der Waals surface area contributed by atoms with Gasteiger partial charge in [0.25, 0.3) is 5.91 Å². The van der Waals surface area contributed by atoms with E-state index in [0.29, 0.717) is 11.4 Å². The number of aryl methyl sites for hydroxylation is 3. The summed E-state index contributed by atoms with van der Waals surface area (Å²) in [6.45, 7) is 7.89. The van der Waals surface area contributed by atoms with Crippen molar-refractivity contribution in [3.63, 3.8) is 0 Å². The Morgan fingerprint density at radius 3 is 2.62 bits per heavy atom. The van der Waals surface area contributed by atoms with Crippen LogP contribution in [0.25, 0.3) is 11.3 Å². The number of aromatic nitrogens is 2. The van der Waals surface area contributed by atoms with Crippen LogP contribution >= 0.6 is 0 Å². The third kappa shape index (κ3) is 3.74. The van der Waals surface area contributed by atoms with Crippen LogP contribution in [0.3, 0.4) is 0 Å². The van der Waals surface area contributed by atoms with Crippen LogP contribution in [0.5, 0.6) is 5.75 Å². The Labute approximate surface area is 152 Å². The van der Waals surface area contributed by atoms with Gasteiger partial charge in [-0.15, -0.1) is 0 Å². The van der Waals surface area contributed by atoms with Gasteiger partial charge >= 0.3 is 0 Å². The first-order valence-corrected chi connectivity index (χ1v) is 8.34. The van der Waals surface area contributed by atoms with Gasteiger partial charge in [0.15, 0.2) is 12.3 Å². The van der Waals surface area contributed by atoms with Gasteiger partial charge in [-0.25, -0.2) is 4.63 Å². The van der Waals surface area contributed by atoms with Gasteiger partial charge < -0.3 is 10.1 Å². The van der Waals surface area contributed by atoms with Crippen molar-refractivity contribution in [1.29, 1.82) is 0 Å². The lowest BCUT2D eigenvalue weighted by molar-refractivity contribution is -0.118. The van der Waals surface area contributed by atoms with Crippen molar-refractivity contribution in [2.75, 3.05) is 11.9 Å². The zero-order chi connectivity index (χ0) is 18.7. The lowest BCUT2D eigenvalue weighted by Gasteiger charge is -2.10. The second-order valence-corrected chi connectivity index (χ2v) is 6.30. The molecule has 0 spiro atoms. The van der Waals surface area contributed by atoms with E-state index in [9.17, 15) is 4.79 Å². The highest BCUT2D eigenvalue weighted by atomic mass is 16.6. The fraction of sp³-hybridized carbons (Fsp3) is 0.250. The number of carbonyl (C=O) groups excluding carboxylic acids is 1. The van der Waals surface area contributed by atoms with Gasteiger partial charge in [0.2, 0.25) is 5.82 Å². The maximum Gasteiger partial charge on any atom is 0.263 e. The highest BCUT2D eigenvalue weighted by Gasteiger charge is 2.16. The average Bonchev–Trinajstić information content (AvgIpc) is 3.06. The fourth-order valence-corrected chi connectivity index (χ4v) is 2.54. The van der Waals surface area contributed by atoms with E-state index >= 15 is 0 Å². The quantitative estimate of drug-likeness (QED) is 0.752. The molecule has 0 aliphatic heterocycles. The molecule has 1 aromatic heterocycles. The number of ether oxygens (including phenoxy) is 1. The summed E-state index contributed by atoms with van der Waals surface area (Å²) in [5.74, 6) is 0.641. The molecular weight excluding hydrogens is 330 g/mol. The summed E-state index contributed by atoms with van der Waals surface area (Å²) in [6, 6.07) is 11.6. The van der Waals surface area contributed by atoms with Gasteiger partial charge in [0, 0.05) is 5.56 Å². The molecule has 0 atom stereocenters. The van der Waals surface area contributed by atoms with Crippen LogP contribution in [-0.2, 0) is 4.79 Å². The van der Waals surface area contributed by atoms with Crippen LogP contribution in [0.1, 0.15) is 22.3 Å². The molecule has 0 radical (unpaired) electrons. The number of amides is 1. The molecule has 6 nitrogen and oxygen atoms in total. The van der Waals surface area contributed by atoms with Crippen LogP contribution in [-0.4, -0.2) is 22.8 Å². The summed E-state index contributed by atoms with van der Waals surface area (Å²) in [7, 11) is 0. The Hall–Kier alpha value is -3.15. The topological polar surface area (TPSA) is 77.3 Å². The molecule has 0 aliphatic carbocycles. The van der Waals surface area contributed by atoms with E-state index in [0.717, 1.165) is 22.3 Å². The van der Waals surface area contributed by atoms with Crippen LogP contribution in [0.4, 0.5) is 5.82 Å². The molecule has 1 amide bonds. The Kier molecular flexibility index (Phi) is 5.02. The van der Waals surface area contributed by atoms with Crippen molar-refractivity contribution in [3.05, 3.63) is 58.7 Å². The molecule has 0 saturated heterocycles.